The van der Waals surface area contributed by atoms with Crippen LogP contribution in [-0.4, -0.2) is 11.7 Å². The maximum atomic E-state index is 10.1. The van der Waals surface area contributed by atoms with E-state index in [9.17, 15) is 5.11 Å². The number of aromatic hydroxyl groups is 1. The van der Waals surface area contributed by atoms with Gasteiger partial charge < -0.3 is 9.84 Å². The molecule has 0 aromatic heterocycles. The Morgan fingerprint density at radius 1 is 1.00 bits per heavy atom. The lowest BCUT2D eigenvalue weighted by Gasteiger charge is -2.42. The summed E-state index contributed by atoms with van der Waals surface area (Å²) in [5, 5.41) is 10.1. The average Bonchev–Trinajstić information content (AvgIpc) is 2.61. The van der Waals surface area contributed by atoms with Gasteiger partial charge in [0.05, 0.1) is 6.61 Å². The van der Waals surface area contributed by atoms with Crippen molar-refractivity contribution in [1.29, 1.82) is 0 Å². The number of allylic oxidation sites excluding steroid dienone is 1. The summed E-state index contributed by atoms with van der Waals surface area (Å²) in [6.07, 6.45) is 4.57. The first kappa shape index (κ1) is 19.5. The van der Waals surface area contributed by atoms with Crippen LogP contribution in [0.15, 0.2) is 36.4 Å². The van der Waals surface area contributed by atoms with Crippen molar-refractivity contribution < 1.29 is 9.84 Å². The summed E-state index contributed by atoms with van der Waals surface area (Å²) in [5.41, 5.74) is 6.81. The van der Waals surface area contributed by atoms with Gasteiger partial charge in [-0.2, -0.15) is 0 Å². The Balaban J connectivity index is 1.97. The second-order valence-corrected chi connectivity index (χ2v) is 9.02. The topological polar surface area (TPSA) is 29.5 Å². The molecule has 0 aliphatic heterocycles. The fraction of sp³-hybridized carbons (Fsp3) is 0.440. The molecule has 0 bridgehead atoms. The van der Waals surface area contributed by atoms with Crippen molar-refractivity contribution in [2.24, 2.45) is 0 Å². The maximum Gasteiger partial charge on any atom is 0.160 e. The molecule has 0 radical (unpaired) electrons. The first-order chi connectivity index (χ1) is 12.6. The third-order valence-corrected chi connectivity index (χ3v) is 5.97. The number of fused-ring (bicyclic) bond motifs is 1. The van der Waals surface area contributed by atoms with Gasteiger partial charge >= 0.3 is 0 Å². The third kappa shape index (κ3) is 3.90. The van der Waals surface area contributed by atoms with Crippen LogP contribution in [0.5, 0.6) is 11.5 Å². The van der Waals surface area contributed by atoms with Crippen LogP contribution in [0.2, 0.25) is 0 Å². The van der Waals surface area contributed by atoms with E-state index in [1.807, 2.05) is 19.1 Å². The largest absolute Gasteiger partial charge is 0.504 e. The molecule has 0 spiro atoms. The molecular weight excluding hydrogens is 332 g/mol. The molecule has 0 amide bonds. The van der Waals surface area contributed by atoms with Gasteiger partial charge in [0.15, 0.2) is 11.5 Å². The van der Waals surface area contributed by atoms with E-state index >= 15 is 0 Å². The van der Waals surface area contributed by atoms with Crippen LogP contribution >= 0.6 is 0 Å². The van der Waals surface area contributed by atoms with Gasteiger partial charge in [0, 0.05) is 0 Å². The van der Waals surface area contributed by atoms with Gasteiger partial charge in [0.25, 0.3) is 0 Å². The molecule has 0 fully saturated rings. The molecule has 1 N–H and O–H groups in total. The van der Waals surface area contributed by atoms with Crippen LogP contribution in [0.1, 0.15) is 76.6 Å². The van der Waals surface area contributed by atoms with E-state index in [-0.39, 0.29) is 16.6 Å². The molecule has 0 heterocycles. The van der Waals surface area contributed by atoms with E-state index in [1.165, 1.54) is 35.1 Å². The van der Waals surface area contributed by atoms with E-state index in [4.69, 9.17) is 4.74 Å². The van der Waals surface area contributed by atoms with Gasteiger partial charge in [-0.1, -0.05) is 58.0 Å². The van der Waals surface area contributed by atoms with Crippen LogP contribution in [0.4, 0.5) is 0 Å². The Hall–Kier alpha value is -2.22. The minimum absolute atomic E-state index is 0.187. The second-order valence-electron chi connectivity index (χ2n) is 9.02. The number of rotatable bonds is 4. The Kier molecular flexibility index (Phi) is 5.12. The fourth-order valence-electron chi connectivity index (χ4n) is 4.07. The summed E-state index contributed by atoms with van der Waals surface area (Å²) >= 11 is 0. The Labute approximate surface area is 163 Å². The molecule has 2 nitrogen and oxygen atoms in total. The van der Waals surface area contributed by atoms with Crippen molar-refractivity contribution in [3.05, 3.63) is 58.7 Å². The number of hydrogen-bond donors (Lipinski definition) is 1. The Bertz CT molecular complexity index is 872. The summed E-state index contributed by atoms with van der Waals surface area (Å²) in [6, 6.07) is 12.5. The first-order valence-corrected chi connectivity index (χ1v) is 9.93. The van der Waals surface area contributed by atoms with Crippen molar-refractivity contribution >= 4 is 11.6 Å². The SMILES string of the molecule is CCOc1ccc(/C=C(\C)c2ccc3c(c2)C(C)(C)CCC3(C)C)cc1O. The highest BCUT2D eigenvalue weighted by atomic mass is 16.5. The molecule has 3 rings (SSSR count). The van der Waals surface area contributed by atoms with Crippen LogP contribution in [0, 0.1) is 0 Å². The van der Waals surface area contributed by atoms with E-state index in [1.54, 1.807) is 6.07 Å². The lowest BCUT2D eigenvalue weighted by molar-refractivity contribution is 0.318. The van der Waals surface area contributed by atoms with E-state index in [0.717, 1.165) is 5.56 Å². The maximum absolute atomic E-state index is 10.1. The Morgan fingerprint density at radius 3 is 2.30 bits per heavy atom. The van der Waals surface area contributed by atoms with Crippen molar-refractivity contribution in [2.75, 3.05) is 6.61 Å². The van der Waals surface area contributed by atoms with Crippen molar-refractivity contribution in [2.45, 2.75) is 65.2 Å². The molecule has 144 valence electrons. The highest BCUT2D eigenvalue weighted by molar-refractivity contribution is 5.81. The lowest BCUT2D eigenvalue weighted by atomic mass is 9.63. The predicted molar refractivity (Wildman–Crippen MR) is 115 cm³/mol. The standard InChI is InChI=1S/C25H32O2/c1-7-27-23-11-8-18(15-22(23)26)14-17(2)19-9-10-20-21(16-19)25(5,6)13-12-24(20,3)4/h8-11,14-16,26H,7,12-13H2,1-6H3/b17-14+. The third-order valence-electron chi connectivity index (χ3n) is 5.97. The van der Waals surface area contributed by atoms with Gasteiger partial charge in [0.1, 0.15) is 0 Å². The molecule has 1 aliphatic rings. The van der Waals surface area contributed by atoms with Gasteiger partial charge in [-0.15, -0.1) is 0 Å². The summed E-state index contributed by atoms with van der Waals surface area (Å²) in [5.74, 6) is 0.719. The zero-order valence-corrected chi connectivity index (χ0v) is 17.5. The smallest absolute Gasteiger partial charge is 0.160 e. The van der Waals surface area contributed by atoms with Gasteiger partial charge in [-0.3, -0.25) is 0 Å². The summed E-state index contributed by atoms with van der Waals surface area (Å²) < 4.78 is 5.42. The van der Waals surface area contributed by atoms with Crippen LogP contribution in [0.3, 0.4) is 0 Å². The highest BCUT2D eigenvalue weighted by Gasteiger charge is 2.36. The summed E-state index contributed by atoms with van der Waals surface area (Å²) in [4.78, 5) is 0. The lowest BCUT2D eigenvalue weighted by Crippen LogP contribution is -2.33. The minimum Gasteiger partial charge on any atom is -0.504 e. The molecule has 2 heteroatoms. The number of hydrogen-bond acceptors (Lipinski definition) is 2. The molecule has 2 aromatic rings. The highest BCUT2D eigenvalue weighted by Crippen LogP contribution is 2.46. The van der Waals surface area contributed by atoms with Crippen molar-refractivity contribution in [3.8, 4) is 11.5 Å². The molecule has 27 heavy (non-hydrogen) atoms. The summed E-state index contributed by atoms with van der Waals surface area (Å²) in [6.45, 7) is 14.0. The fourth-order valence-corrected chi connectivity index (χ4v) is 4.07. The second kappa shape index (κ2) is 7.07. The predicted octanol–water partition coefficient (Wildman–Crippen LogP) is 6.70. The quantitative estimate of drug-likeness (QED) is 0.612. The van der Waals surface area contributed by atoms with Crippen molar-refractivity contribution in [3.63, 3.8) is 0 Å². The van der Waals surface area contributed by atoms with Gasteiger partial charge in [0.2, 0.25) is 0 Å². The zero-order chi connectivity index (χ0) is 19.8. The van der Waals surface area contributed by atoms with Gasteiger partial charge in [-0.25, -0.2) is 0 Å². The molecule has 0 unspecified atom stereocenters. The average molecular weight is 365 g/mol. The molecule has 0 atom stereocenters. The summed E-state index contributed by atoms with van der Waals surface area (Å²) in [7, 11) is 0. The molecule has 0 saturated heterocycles. The monoisotopic (exact) mass is 364 g/mol. The molecule has 1 aliphatic carbocycles. The van der Waals surface area contributed by atoms with E-state index in [0.29, 0.717) is 12.4 Å². The number of ether oxygens (including phenoxy) is 1. The number of phenols is 1. The van der Waals surface area contributed by atoms with Crippen LogP contribution < -0.4 is 4.74 Å². The van der Waals surface area contributed by atoms with E-state index in [2.05, 4.69) is 58.9 Å². The number of phenolic OH excluding ortho intramolecular Hbond substituents is 1. The zero-order valence-electron chi connectivity index (χ0n) is 17.5. The normalized spacial score (nSPS) is 18.1. The Morgan fingerprint density at radius 2 is 1.67 bits per heavy atom. The molecular formula is C25H32O2. The minimum atomic E-state index is 0.187. The first-order valence-electron chi connectivity index (χ1n) is 9.93. The number of benzene rings is 2. The van der Waals surface area contributed by atoms with Crippen LogP contribution in [0.25, 0.3) is 11.6 Å². The van der Waals surface area contributed by atoms with Gasteiger partial charge in [-0.05, 0) is 77.5 Å². The van der Waals surface area contributed by atoms with E-state index < -0.39 is 0 Å². The van der Waals surface area contributed by atoms with Crippen LogP contribution in [-0.2, 0) is 10.8 Å². The molecule has 2 aromatic carbocycles. The van der Waals surface area contributed by atoms with Crippen molar-refractivity contribution in [1.82, 2.24) is 0 Å². The molecule has 0 saturated carbocycles.